The molecule has 122 valence electrons. The summed E-state index contributed by atoms with van der Waals surface area (Å²) in [6, 6.07) is 1.88. The van der Waals surface area contributed by atoms with E-state index in [0.717, 1.165) is 38.4 Å². The van der Waals surface area contributed by atoms with Gasteiger partial charge in [-0.05, 0) is 32.2 Å². The van der Waals surface area contributed by atoms with E-state index in [1.165, 1.54) is 19.3 Å². The summed E-state index contributed by atoms with van der Waals surface area (Å²) in [7, 11) is 0. The normalized spacial score (nSPS) is 22.9. The zero-order valence-electron chi connectivity index (χ0n) is 13.1. The van der Waals surface area contributed by atoms with Gasteiger partial charge in [-0.1, -0.05) is 0 Å². The van der Waals surface area contributed by atoms with Crippen molar-refractivity contribution >= 4 is 17.6 Å². The van der Waals surface area contributed by atoms with Gasteiger partial charge in [0.2, 0.25) is 5.95 Å². The highest BCUT2D eigenvalue weighted by molar-refractivity contribution is 5.52. The first kappa shape index (κ1) is 15.3. The second-order valence-corrected chi connectivity index (χ2v) is 6.01. The molecule has 0 amide bonds. The summed E-state index contributed by atoms with van der Waals surface area (Å²) in [5, 5.41) is 0. The van der Waals surface area contributed by atoms with Crippen LogP contribution in [0.1, 0.15) is 25.7 Å². The van der Waals surface area contributed by atoms with Crippen LogP contribution in [-0.4, -0.2) is 55.4 Å². The maximum absolute atomic E-state index is 6.01. The third-order valence-electron chi connectivity index (χ3n) is 4.31. The molecule has 2 fully saturated rings. The summed E-state index contributed by atoms with van der Waals surface area (Å²) in [6.07, 6.45) is 4.75. The predicted molar refractivity (Wildman–Crippen MR) is 88.1 cm³/mol. The number of ether oxygens (including phenoxy) is 1. The van der Waals surface area contributed by atoms with Crippen molar-refractivity contribution in [2.45, 2.75) is 31.8 Å². The molecule has 1 aromatic heterocycles. The standard InChI is InChI=1S/C15H26N6O/c16-5-4-12-11-21(8-9-22-12)15-18-13(17)10-14(19-15)20-6-2-1-3-7-20/h10,12H,1-9,11,16H2,(H2,17,18,19). The van der Waals surface area contributed by atoms with Gasteiger partial charge in [-0.3, -0.25) is 0 Å². The molecule has 1 aromatic rings. The minimum absolute atomic E-state index is 0.155. The highest BCUT2D eigenvalue weighted by atomic mass is 16.5. The zero-order chi connectivity index (χ0) is 15.4. The third kappa shape index (κ3) is 3.59. The molecule has 0 radical (unpaired) electrons. The van der Waals surface area contributed by atoms with E-state index < -0.39 is 0 Å². The Kier molecular flexibility index (Phi) is 4.94. The Hall–Kier alpha value is -1.60. The fourth-order valence-corrected chi connectivity index (χ4v) is 3.13. The minimum Gasteiger partial charge on any atom is -0.383 e. The highest BCUT2D eigenvalue weighted by Gasteiger charge is 2.23. The number of morpholine rings is 1. The lowest BCUT2D eigenvalue weighted by molar-refractivity contribution is 0.0363. The topological polar surface area (TPSA) is 93.5 Å². The Balaban J connectivity index is 1.76. The molecule has 3 rings (SSSR count). The molecule has 7 heteroatoms. The van der Waals surface area contributed by atoms with Crippen molar-refractivity contribution in [3.8, 4) is 0 Å². The summed E-state index contributed by atoms with van der Waals surface area (Å²) in [4.78, 5) is 13.6. The number of nitrogens with two attached hydrogens (primary N) is 2. The van der Waals surface area contributed by atoms with Crippen molar-refractivity contribution in [3.63, 3.8) is 0 Å². The van der Waals surface area contributed by atoms with E-state index in [1.807, 2.05) is 6.07 Å². The van der Waals surface area contributed by atoms with Gasteiger partial charge in [0, 0.05) is 32.2 Å². The molecular formula is C15H26N6O. The van der Waals surface area contributed by atoms with Crippen LogP contribution in [0.2, 0.25) is 0 Å². The van der Waals surface area contributed by atoms with Crippen molar-refractivity contribution in [1.82, 2.24) is 9.97 Å². The van der Waals surface area contributed by atoms with Crippen LogP contribution in [0.5, 0.6) is 0 Å². The molecule has 2 aliphatic heterocycles. The van der Waals surface area contributed by atoms with E-state index >= 15 is 0 Å². The van der Waals surface area contributed by atoms with Crippen LogP contribution in [0.25, 0.3) is 0 Å². The molecule has 7 nitrogen and oxygen atoms in total. The molecule has 0 saturated carbocycles. The Morgan fingerprint density at radius 1 is 1.14 bits per heavy atom. The predicted octanol–water partition coefficient (Wildman–Crippen LogP) is 0.603. The Bertz CT molecular complexity index is 489. The maximum atomic E-state index is 6.01. The van der Waals surface area contributed by atoms with Crippen LogP contribution in [-0.2, 0) is 4.74 Å². The number of piperidine rings is 1. The molecule has 3 heterocycles. The van der Waals surface area contributed by atoms with Crippen molar-refractivity contribution < 1.29 is 4.74 Å². The van der Waals surface area contributed by atoms with E-state index in [-0.39, 0.29) is 6.10 Å². The summed E-state index contributed by atoms with van der Waals surface area (Å²) in [5.74, 6) is 2.20. The average molecular weight is 306 g/mol. The monoisotopic (exact) mass is 306 g/mol. The van der Waals surface area contributed by atoms with Gasteiger partial charge in [0.15, 0.2) is 0 Å². The summed E-state index contributed by atoms with van der Waals surface area (Å²) in [6.45, 7) is 4.99. The second kappa shape index (κ2) is 7.11. The SMILES string of the molecule is NCCC1CN(c2nc(N)cc(N3CCCCC3)n2)CCO1. The van der Waals surface area contributed by atoms with Crippen LogP contribution in [0.3, 0.4) is 0 Å². The summed E-state index contributed by atoms with van der Waals surface area (Å²) >= 11 is 0. The third-order valence-corrected chi connectivity index (χ3v) is 4.31. The molecule has 0 spiro atoms. The highest BCUT2D eigenvalue weighted by Crippen LogP contribution is 2.23. The van der Waals surface area contributed by atoms with E-state index in [4.69, 9.17) is 21.2 Å². The van der Waals surface area contributed by atoms with E-state index in [1.54, 1.807) is 0 Å². The molecule has 1 unspecified atom stereocenters. The number of rotatable bonds is 4. The smallest absolute Gasteiger partial charge is 0.229 e. The van der Waals surface area contributed by atoms with Crippen LogP contribution in [0, 0.1) is 0 Å². The van der Waals surface area contributed by atoms with Gasteiger partial charge in [0.05, 0.1) is 12.7 Å². The summed E-state index contributed by atoms with van der Waals surface area (Å²) < 4.78 is 5.73. The quantitative estimate of drug-likeness (QED) is 0.841. The number of anilines is 3. The first-order valence-electron chi connectivity index (χ1n) is 8.22. The summed E-state index contributed by atoms with van der Waals surface area (Å²) in [5.41, 5.74) is 11.6. The molecule has 2 aliphatic rings. The molecular weight excluding hydrogens is 280 g/mol. The van der Waals surface area contributed by atoms with E-state index in [0.29, 0.717) is 24.9 Å². The van der Waals surface area contributed by atoms with Crippen molar-refractivity contribution in [2.75, 3.05) is 54.9 Å². The van der Waals surface area contributed by atoms with Gasteiger partial charge in [-0.15, -0.1) is 0 Å². The van der Waals surface area contributed by atoms with Gasteiger partial charge in [-0.2, -0.15) is 9.97 Å². The van der Waals surface area contributed by atoms with Gasteiger partial charge >= 0.3 is 0 Å². The molecule has 0 aromatic carbocycles. The van der Waals surface area contributed by atoms with Gasteiger partial charge in [0.1, 0.15) is 11.6 Å². The van der Waals surface area contributed by atoms with Gasteiger partial charge in [0.25, 0.3) is 0 Å². The van der Waals surface area contributed by atoms with Gasteiger partial charge < -0.3 is 26.0 Å². The van der Waals surface area contributed by atoms with Crippen LogP contribution >= 0.6 is 0 Å². The first-order chi connectivity index (χ1) is 10.8. The largest absolute Gasteiger partial charge is 0.383 e. The minimum atomic E-state index is 0.155. The number of hydrogen-bond acceptors (Lipinski definition) is 7. The Morgan fingerprint density at radius 3 is 2.73 bits per heavy atom. The molecule has 4 N–H and O–H groups in total. The molecule has 1 atom stereocenters. The lowest BCUT2D eigenvalue weighted by atomic mass is 10.1. The van der Waals surface area contributed by atoms with E-state index in [9.17, 15) is 0 Å². The Labute approximate surface area is 131 Å². The van der Waals surface area contributed by atoms with E-state index in [2.05, 4.69) is 14.8 Å². The lowest BCUT2D eigenvalue weighted by Crippen LogP contribution is -2.44. The number of nitrogens with zero attached hydrogens (tertiary/aromatic N) is 4. The van der Waals surface area contributed by atoms with Crippen molar-refractivity contribution in [3.05, 3.63) is 6.07 Å². The first-order valence-corrected chi connectivity index (χ1v) is 8.22. The van der Waals surface area contributed by atoms with Crippen LogP contribution < -0.4 is 21.3 Å². The maximum Gasteiger partial charge on any atom is 0.229 e. The van der Waals surface area contributed by atoms with Gasteiger partial charge in [-0.25, -0.2) is 0 Å². The Morgan fingerprint density at radius 2 is 1.95 bits per heavy atom. The number of aromatic nitrogens is 2. The van der Waals surface area contributed by atoms with Crippen LogP contribution in [0.15, 0.2) is 6.07 Å². The molecule has 2 saturated heterocycles. The number of nitrogen functional groups attached to an aromatic ring is 1. The average Bonchev–Trinajstić information content (AvgIpc) is 2.56. The fourth-order valence-electron chi connectivity index (χ4n) is 3.13. The zero-order valence-corrected chi connectivity index (χ0v) is 13.1. The lowest BCUT2D eigenvalue weighted by Gasteiger charge is -2.34. The van der Waals surface area contributed by atoms with Crippen molar-refractivity contribution in [1.29, 1.82) is 0 Å². The molecule has 22 heavy (non-hydrogen) atoms. The number of hydrogen-bond donors (Lipinski definition) is 2. The van der Waals surface area contributed by atoms with Crippen molar-refractivity contribution in [2.24, 2.45) is 5.73 Å². The molecule has 0 bridgehead atoms. The molecule has 0 aliphatic carbocycles. The van der Waals surface area contributed by atoms with Crippen LogP contribution in [0.4, 0.5) is 17.6 Å². The fraction of sp³-hybridized carbons (Fsp3) is 0.733. The second-order valence-electron chi connectivity index (χ2n) is 6.01.